The molecule has 1 unspecified atom stereocenters. The number of alkyl halides is 3. The smallest absolute Gasteiger partial charge is 0.342 e. The van der Waals surface area contributed by atoms with Crippen LogP contribution in [0.2, 0.25) is 0 Å². The second-order valence-electron chi connectivity index (χ2n) is 7.70. The Hall–Kier alpha value is -1.80. The third-order valence-electron chi connectivity index (χ3n) is 6.03. The quantitative estimate of drug-likeness (QED) is 0.708. The summed E-state index contributed by atoms with van der Waals surface area (Å²) in [5.41, 5.74) is -0.810. The summed E-state index contributed by atoms with van der Waals surface area (Å²) in [4.78, 5) is 39.9. The Morgan fingerprint density at radius 3 is 2.46 bits per heavy atom. The first kappa shape index (κ1) is 19.0. The van der Waals surface area contributed by atoms with Gasteiger partial charge >= 0.3 is 12.2 Å². The zero-order valence-corrected chi connectivity index (χ0v) is 14.8. The highest BCUT2D eigenvalue weighted by molar-refractivity contribution is 6.01. The van der Waals surface area contributed by atoms with Crippen LogP contribution < -0.4 is 0 Å². The van der Waals surface area contributed by atoms with E-state index < -0.39 is 17.5 Å². The van der Waals surface area contributed by atoms with Crippen LogP contribution in [-0.4, -0.2) is 71.9 Å². The summed E-state index contributed by atoms with van der Waals surface area (Å²) in [6, 6.07) is -0.373. The Kier molecular flexibility index (Phi) is 4.92. The number of halogens is 3. The van der Waals surface area contributed by atoms with Gasteiger partial charge in [-0.15, -0.1) is 0 Å². The molecular weight excluding hydrogens is 351 g/mol. The molecule has 1 atom stereocenters. The Bertz CT molecular complexity index is 604. The molecule has 0 aromatic heterocycles. The SMILES string of the molecule is CN1CC(=O)N(CCCC(=O)N2CCC(C(F)(F)F)C3(CCC3)C2)C1=O. The van der Waals surface area contributed by atoms with E-state index in [1.165, 1.54) is 11.9 Å². The number of nitrogens with zero attached hydrogens (tertiary/aromatic N) is 3. The van der Waals surface area contributed by atoms with Crippen molar-refractivity contribution >= 4 is 17.8 Å². The summed E-state index contributed by atoms with van der Waals surface area (Å²) in [7, 11) is 1.54. The minimum Gasteiger partial charge on any atom is -0.342 e. The van der Waals surface area contributed by atoms with Gasteiger partial charge in [0.05, 0.1) is 5.92 Å². The van der Waals surface area contributed by atoms with E-state index in [0.717, 1.165) is 11.3 Å². The van der Waals surface area contributed by atoms with Crippen molar-refractivity contribution in [2.45, 2.75) is 44.7 Å². The lowest BCUT2D eigenvalue weighted by Crippen LogP contribution is -2.57. The average molecular weight is 375 g/mol. The summed E-state index contributed by atoms with van der Waals surface area (Å²) in [6.07, 6.45) is -1.97. The number of likely N-dealkylation sites (tertiary alicyclic amines) is 1. The van der Waals surface area contributed by atoms with Crippen LogP contribution in [0.5, 0.6) is 0 Å². The fraction of sp³-hybridized carbons (Fsp3) is 0.824. The molecule has 0 N–H and O–H groups in total. The van der Waals surface area contributed by atoms with Gasteiger partial charge in [0.2, 0.25) is 11.8 Å². The third kappa shape index (κ3) is 3.40. The second-order valence-corrected chi connectivity index (χ2v) is 7.70. The highest BCUT2D eigenvalue weighted by atomic mass is 19.4. The fourth-order valence-electron chi connectivity index (χ4n) is 4.46. The van der Waals surface area contributed by atoms with Gasteiger partial charge < -0.3 is 9.80 Å². The van der Waals surface area contributed by atoms with E-state index in [2.05, 4.69) is 0 Å². The van der Waals surface area contributed by atoms with Gasteiger partial charge in [-0.1, -0.05) is 6.42 Å². The van der Waals surface area contributed by atoms with Crippen LogP contribution >= 0.6 is 0 Å². The first-order chi connectivity index (χ1) is 12.1. The largest absolute Gasteiger partial charge is 0.392 e. The van der Waals surface area contributed by atoms with Gasteiger partial charge in [-0.05, 0) is 31.1 Å². The van der Waals surface area contributed by atoms with Gasteiger partial charge in [-0.2, -0.15) is 13.2 Å². The van der Waals surface area contributed by atoms with Crippen molar-refractivity contribution in [3.05, 3.63) is 0 Å². The maximum Gasteiger partial charge on any atom is 0.392 e. The van der Waals surface area contributed by atoms with Crippen molar-refractivity contribution in [2.24, 2.45) is 11.3 Å². The lowest BCUT2D eigenvalue weighted by Gasteiger charge is -2.54. The number of hydrogen-bond acceptors (Lipinski definition) is 3. The van der Waals surface area contributed by atoms with Crippen LogP contribution in [0.4, 0.5) is 18.0 Å². The molecule has 3 fully saturated rings. The zero-order valence-electron chi connectivity index (χ0n) is 14.8. The molecule has 2 saturated heterocycles. The zero-order chi connectivity index (χ0) is 19.1. The predicted molar refractivity (Wildman–Crippen MR) is 86.0 cm³/mol. The number of carbonyl (C=O) groups is 3. The number of imide groups is 1. The normalized spacial score (nSPS) is 25.8. The van der Waals surface area contributed by atoms with Gasteiger partial charge in [0.15, 0.2) is 0 Å². The first-order valence-electron chi connectivity index (χ1n) is 9.04. The molecule has 0 aromatic carbocycles. The van der Waals surface area contributed by atoms with Crippen LogP contribution in [0, 0.1) is 11.3 Å². The average Bonchev–Trinajstić information content (AvgIpc) is 2.77. The molecule has 3 rings (SSSR count). The monoisotopic (exact) mass is 375 g/mol. The van der Waals surface area contributed by atoms with Crippen molar-refractivity contribution in [3.8, 4) is 0 Å². The van der Waals surface area contributed by atoms with Crippen molar-refractivity contribution in [1.82, 2.24) is 14.7 Å². The van der Waals surface area contributed by atoms with E-state index in [-0.39, 0.29) is 56.9 Å². The van der Waals surface area contributed by atoms with Gasteiger partial charge in [-0.25, -0.2) is 4.79 Å². The molecular formula is C17H24F3N3O3. The number of carbonyl (C=O) groups excluding carboxylic acids is 3. The molecule has 1 spiro atoms. The minimum absolute atomic E-state index is 0.0386. The van der Waals surface area contributed by atoms with E-state index in [1.54, 1.807) is 4.90 Å². The molecule has 26 heavy (non-hydrogen) atoms. The molecule has 2 aliphatic heterocycles. The number of likely N-dealkylation sites (N-methyl/N-ethyl adjacent to an activating group) is 1. The number of rotatable bonds is 4. The number of urea groups is 1. The molecule has 6 nitrogen and oxygen atoms in total. The van der Waals surface area contributed by atoms with Crippen molar-refractivity contribution < 1.29 is 27.6 Å². The van der Waals surface area contributed by atoms with Gasteiger partial charge in [0.25, 0.3) is 0 Å². The Balaban J connectivity index is 1.52. The van der Waals surface area contributed by atoms with Crippen LogP contribution in [0.1, 0.15) is 38.5 Å². The molecule has 9 heteroatoms. The summed E-state index contributed by atoms with van der Waals surface area (Å²) in [5.74, 6) is -1.79. The van der Waals surface area contributed by atoms with Crippen molar-refractivity contribution in [3.63, 3.8) is 0 Å². The number of hydrogen-bond donors (Lipinski definition) is 0. The van der Waals surface area contributed by atoms with Crippen LogP contribution in [0.3, 0.4) is 0 Å². The summed E-state index contributed by atoms with van der Waals surface area (Å²) in [5, 5.41) is 0. The predicted octanol–water partition coefficient (Wildman–Crippen LogP) is 2.24. The highest BCUT2D eigenvalue weighted by Gasteiger charge is 2.58. The van der Waals surface area contributed by atoms with Crippen molar-refractivity contribution in [1.29, 1.82) is 0 Å². The van der Waals surface area contributed by atoms with E-state index >= 15 is 0 Å². The van der Waals surface area contributed by atoms with E-state index in [1.807, 2.05) is 0 Å². The summed E-state index contributed by atoms with van der Waals surface area (Å²) >= 11 is 0. The lowest BCUT2D eigenvalue weighted by atomic mass is 9.58. The number of amides is 4. The fourth-order valence-corrected chi connectivity index (χ4v) is 4.46. The molecule has 3 aliphatic rings. The molecule has 0 bridgehead atoms. The van der Waals surface area contributed by atoms with Gasteiger partial charge in [-0.3, -0.25) is 14.5 Å². The topological polar surface area (TPSA) is 60.9 Å². The standard InChI is InChI=1S/C17H24F3N3O3/c1-21-10-14(25)23(15(21)26)8-2-4-13(24)22-9-5-12(17(18,19)20)16(11-22)6-3-7-16/h12H,2-11H2,1H3. The Morgan fingerprint density at radius 2 is 1.96 bits per heavy atom. The van der Waals surface area contributed by atoms with Gasteiger partial charge in [0, 0.05) is 33.1 Å². The summed E-state index contributed by atoms with van der Waals surface area (Å²) < 4.78 is 39.9. The van der Waals surface area contributed by atoms with E-state index in [9.17, 15) is 27.6 Å². The summed E-state index contributed by atoms with van der Waals surface area (Å²) in [6.45, 7) is 0.494. The number of piperidine rings is 1. The molecule has 0 aromatic rings. The van der Waals surface area contributed by atoms with E-state index in [0.29, 0.717) is 19.3 Å². The van der Waals surface area contributed by atoms with Crippen LogP contribution in [-0.2, 0) is 9.59 Å². The Morgan fingerprint density at radius 1 is 1.27 bits per heavy atom. The molecule has 1 saturated carbocycles. The van der Waals surface area contributed by atoms with Crippen LogP contribution in [0.25, 0.3) is 0 Å². The molecule has 0 radical (unpaired) electrons. The Labute approximate surface area is 150 Å². The van der Waals surface area contributed by atoms with E-state index in [4.69, 9.17) is 0 Å². The third-order valence-corrected chi connectivity index (χ3v) is 6.03. The molecule has 146 valence electrons. The van der Waals surface area contributed by atoms with Crippen LogP contribution in [0.15, 0.2) is 0 Å². The van der Waals surface area contributed by atoms with Crippen molar-refractivity contribution in [2.75, 3.05) is 33.2 Å². The lowest BCUT2D eigenvalue weighted by molar-refractivity contribution is -0.237. The minimum atomic E-state index is -4.21. The second kappa shape index (κ2) is 6.74. The molecule has 1 aliphatic carbocycles. The molecule has 4 amide bonds. The molecule has 2 heterocycles. The first-order valence-corrected chi connectivity index (χ1v) is 9.04. The maximum atomic E-state index is 13.3. The highest BCUT2D eigenvalue weighted by Crippen LogP contribution is 2.56. The van der Waals surface area contributed by atoms with Gasteiger partial charge in [0.1, 0.15) is 6.54 Å². The maximum absolute atomic E-state index is 13.3.